The lowest BCUT2D eigenvalue weighted by Gasteiger charge is -2.23. The molecule has 0 saturated heterocycles. The Balaban J connectivity index is 1.37. The van der Waals surface area contributed by atoms with Crippen molar-refractivity contribution in [3.63, 3.8) is 0 Å². The molecule has 0 bridgehead atoms. The number of ether oxygens (including phenoxy) is 2. The van der Waals surface area contributed by atoms with E-state index in [1.54, 1.807) is 32.8 Å². The van der Waals surface area contributed by atoms with Gasteiger partial charge in [0, 0.05) is 36.0 Å². The largest absolute Gasteiger partial charge is 0.496 e. The van der Waals surface area contributed by atoms with Crippen LogP contribution in [0.25, 0.3) is 28.3 Å². The Morgan fingerprint density at radius 2 is 1.89 bits per heavy atom. The normalized spacial score (nSPS) is 14.8. The second-order valence-electron chi connectivity index (χ2n) is 9.19. The smallest absolute Gasteiger partial charge is 0.238 e. The number of halogens is 1. The minimum absolute atomic E-state index is 0.0880. The van der Waals surface area contributed by atoms with Gasteiger partial charge in [-0.05, 0) is 61.7 Å². The first-order valence-electron chi connectivity index (χ1n) is 12.3. The van der Waals surface area contributed by atoms with Crippen LogP contribution in [-0.4, -0.2) is 48.5 Å². The van der Waals surface area contributed by atoms with Crippen molar-refractivity contribution in [2.24, 2.45) is 0 Å². The summed E-state index contributed by atoms with van der Waals surface area (Å²) in [7, 11) is 3.28. The molecule has 192 valence electrons. The Kier molecular flexibility index (Phi) is 6.29. The third kappa shape index (κ3) is 4.39. The lowest BCUT2D eigenvalue weighted by atomic mass is 9.89. The van der Waals surface area contributed by atoms with Crippen LogP contribution in [0.5, 0.6) is 11.6 Å². The maximum absolute atomic E-state index is 6.02. The van der Waals surface area contributed by atoms with Crippen molar-refractivity contribution in [2.75, 3.05) is 14.2 Å². The molecule has 1 aromatic carbocycles. The van der Waals surface area contributed by atoms with Crippen molar-refractivity contribution in [1.82, 2.24) is 34.3 Å². The number of imidazole rings is 1. The molecule has 0 aliphatic carbocycles. The van der Waals surface area contributed by atoms with Crippen LogP contribution < -0.4 is 9.47 Å². The zero-order valence-electron chi connectivity index (χ0n) is 21.3. The second kappa shape index (κ2) is 9.90. The molecule has 0 N–H and O–H groups in total. The summed E-state index contributed by atoms with van der Waals surface area (Å²) >= 11 is 6.02. The molecule has 0 amide bonds. The van der Waals surface area contributed by atoms with E-state index in [0.717, 1.165) is 59.0 Å². The van der Waals surface area contributed by atoms with Gasteiger partial charge in [-0.1, -0.05) is 17.7 Å². The van der Waals surface area contributed by atoms with Crippen molar-refractivity contribution in [1.29, 1.82) is 0 Å². The minimum Gasteiger partial charge on any atom is -0.496 e. The van der Waals surface area contributed by atoms with Crippen molar-refractivity contribution in [3.05, 3.63) is 83.4 Å². The van der Waals surface area contributed by atoms with Crippen LogP contribution in [0.15, 0.2) is 61.2 Å². The molecule has 1 unspecified atom stereocenters. The summed E-state index contributed by atoms with van der Waals surface area (Å²) in [5, 5.41) is 5.28. The van der Waals surface area contributed by atoms with Gasteiger partial charge < -0.3 is 14.0 Å². The SMILES string of the molecule is COc1ccc(C2CCCn3nc(-c4ccc(-n5cnc(C)c5)c(OC)n4)nc32)cc1-c1ccc(Cl)nc1. The molecule has 0 spiro atoms. The lowest BCUT2D eigenvalue weighted by Crippen LogP contribution is -2.18. The molecule has 1 aliphatic heterocycles. The van der Waals surface area contributed by atoms with E-state index in [2.05, 4.69) is 22.1 Å². The topological polar surface area (TPSA) is 92.8 Å². The zero-order chi connectivity index (χ0) is 26.2. The van der Waals surface area contributed by atoms with Crippen molar-refractivity contribution >= 4 is 11.6 Å². The van der Waals surface area contributed by atoms with E-state index in [4.69, 9.17) is 36.1 Å². The molecule has 0 radical (unpaired) electrons. The average Bonchev–Trinajstić information content (AvgIpc) is 3.59. The summed E-state index contributed by atoms with van der Waals surface area (Å²) in [6.07, 6.45) is 7.41. The number of aryl methyl sites for hydroxylation is 2. The summed E-state index contributed by atoms with van der Waals surface area (Å²) in [4.78, 5) is 18.3. The third-order valence-electron chi connectivity index (χ3n) is 6.79. The standard InChI is InChI=1S/C28H26ClN7O2/c1-17-15-35(16-31-17)23-9-8-22(32-28(23)38-3)26-33-27-20(5-4-12-36(27)34-26)18-6-10-24(37-2)21(13-18)19-7-11-25(29)30-14-19/h6-11,13-16,20H,4-5,12H2,1-3H3. The lowest BCUT2D eigenvalue weighted by molar-refractivity contribution is 0.396. The maximum Gasteiger partial charge on any atom is 0.238 e. The average molecular weight is 528 g/mol. The highest BCUT2D eigenvalue weighted by atomic mass is 35.5. The van der Waals surface area contributed by atoms with E-state index in [-0.39, 0.29) is 5.92 Å². The number of benzene rings is 1. The van der Waals surface area contributed by atoms with Crippen molar-refractivity contribution < 1.29 is 9.47 Å². The number of hydrogen-bond acceptors (Lipinski definition) is 7. The van der Waals surface area contributed by atoms with Gasteiger partial charge in [-0.2, -0.15) is 0 Å². The number of pyridine rings is 2. The molecule has 38 heavy (non-hydrogen) atoms. The maximum atomic E-state index is 6.02. The Hall–Kier alpha value is -4.24. The number of aromatic nitrogens is 7. The Labute approximate surface area is 225 Å². The van der Waals surface area contributed by atoms with Gasteiger partial charge in [0.2, 0.25) is 5.88 Å². The first-order valence-corrected chi connectivity index (χ1v) is 12.7. The van der Waals surface area contributed by atoms with Gasteiger partial charge in [0.15, 0.2) is 5.82 Å². The summed E-state index contributed by atoms with van der Waals surface area (Å²) in [5.41, 5.74) is 5.43. The molecule has 5 aromatic rings. The second-order valence-corrected chi connectivity index (χ2v) is 9.58. The van der Waals surface area contributed by atoms with E-state index in [9.17, 15) is 0 Å². The molecule has 9 nitrogen and oxygen atoms in total. The van der Waals surface area contributed by atoms with Gasteiger partial charge in [0.25, 0.3) is 0 Å². The van der Waals surface area contributed by atoms with Gasteiger partial charge in [0.05, 0.1) is 26.2 Å². The van der Waals surface area contributed by atoms with Gasteiger partial charge >= 0.3 is 0 Å². The summed E-state index contributed by atoms with van der Waals surface area (Å²) in [6, 6.07) is 13.9. The van der Waals surface area contributed by atoms with E-state index in [1.807, 2.05) is 46.6 Å². The fourth-order valence-electron chi connectivity index (χ4n) is 4.94. The number of methoxy groups -OCH3 is 2. The Bertz CT molecular complexity index is 1610. The predicted octanol–water partition coefficient (Wildman–Crippen LogP) is 5.49. The third-order valence-corrected chi connectivity index (χ3v) is 7.02. The molecule has 10 heteroatoms. The predicted molar refractivity (Wildman–Crippen MR) is 144 cm³/mol. The van der Waals surface area contributed by atoms with Crippen LogP contribution in [0.4, 0.5) is 0 Å². The van der Waals surface area contributed by atoms with E-state index in [0.29, 0.717) is 22.6 Å². The highest BCUT2D eigenvalue weighted by molar-refractivity contribution is 6.29. The van der Waals surface area contributed by atoms with Crippen LogP contribution in [-0.2, 0) is 6.54 Å². The number of rotatable bonds is 6. The van der Waals surface area contributed by atoms with Crippen LogP contribution in [0.2, 0.25) is 5.15 Å². The Morgan fingerprint density at radius 3 is 2.63 bits per heavy atom. The van der Waals surface area contributed by atoms with E-state index >= 15 is 0 Å². The van der Waals surface area contributed by atoms with Gasteiger partial charge in [-0.3, -0.25) is 0 Å². The zero-order valence-corrected chi connectivity index (χ0v) is 22.1. The fraction of sp³-hybridized carbons (Fsp3) is 0.250. The van der Waals surface area contributed by atoms with Crippen molar-refractivity contribution in [3.8, 4) is 40.0 Å². The quantitative estimate of drug-likeness (QED) is 0.269. The number of hydrogen-bond donors (Lipinski definition) is 0. The fourth-order valence-corrected chi connectivity index (χ4v) is 5.05. The van der Waals surface area contributed by atoms with Crippen LogP contribution in [0.3, 0.4) is 0 Å². The molecule has 6 rings (SSSR count). The summed E-state index contributed by atoms with van der Waals surface area (Å²) in [5.74, 6) is 2.85. The molecule has 1 atom stereocenters. The Morgan fingerprint density at radius 1 is 1.00 bits per heavy atom. The molecular weight excluding hydrogens is 502 g/mol. The molecular formula is C28H26ClN7O2. The molecule has 1 aliphatic rings. The van der Waals surface area contributed by atoms with Crippen LogP contribution in [0, 0.1) is 6.92 Å². The number of fused-ring (bicyclic) bond motifs is 1. The molecule has 4 aromatic heterocycles. The first-order chi connectivity index (χ1) is 18.5. The van der Waals surface area contributed by atoms with Crippen LogP contribution in [0.1, 0.15) is 35.8 Å². The van der Waals surface area contributed by atoms with Crippen LogP contribution >= 0.6 is 11.6 Å². The summed E-state index contributed by atoms with van der Waals surface area (Å²) < 4.78 is 15.1. The highest BCUT2D eigenvalue weighted by Gasteiger charge is 2.27. The summed E-state index contributed by atoms with van der Waals surface area (Å²) in [6.45, 7) is 2.76. The van der Waals surface area contributed by atoms with E-state index in [1.165, 1.54) is 0 Å². The van der Waals surface area contributed by atoms with Gasteiger partial charge in [-0.15, -0.1) is 5.10 Å². The van der Waals surface area contributed by atoms with E-state index < -0.39 is 0 Å². The molecule has 0 fully saturated rings. The van der Waals surface area contributed by atoms with Gasteiger partial charge in [-0.25, -0.2) is 24.6 Å². The van der Waals surface area contributed by atoms with Gasteiger partial charge in [0.1, 0.15) is 28.1 Å². The van der Waals surface area contributed by atoms with Crippen molar-refractivity contribution in [2.45, 2.75) is 32.2 Å². The molecule has 0 saturated carbocycles. The monoisotopic (exact) mass is 527 g/mol. The number of nitrogens with zero attached hydrogens (tertiary/aromatic N) is 7. The minimum atomic E-state index is 0.0880. The highest BCUT2D eigenvalue weighted by Crippen LogP contribution is 2.38. The molecule has 5 heterocycles. The first kappa shape index (κ1) is 24.1.